The Bertz CT molecular complexity index is 577. The van der Waals surface area contributed by atoms with E-state index < -0.39 is 6.10 Å². The van der Waals surface area contributed by atoms with E-state index in [1.165, 1.54) is 141 Å². The van der Waals surface area contributed by atoms with Crippen LogP contribution in [-0.2, 0) is 19.1 Å². The van der Waals surface area contributed by atoms with Gasteiger partial charge in [-0.3, -0.25) is 9.59 Å². The lowest BCUT2D eigenvalue weighted by atomic mass is 10.0. The second-order valence-electron chi connectivity index (χ2n) is 13.2. The summed E-state index contributed by atoms with van der Waals surface area (Å²) in [6.07, 6.45) is 32.9. The Morgan fingerprint density at radius 2 is 0.762 bits per heavy atom. The van der Waals surface area contributed by atoms with E-state index in [4.69, 9.17) is 9.47 Å². The fraction of sp³-hybridized carbons (Fsp3) is 0.946. The highest BCUT2D eigenvalue weighted by atomic mass is 16.6. The van der Waals surface area contributed by atoms with E-state index in [0.717, 1.165) is 31.6 Å². The van der Waals surface area contributed by atoms with Crippen LogP contribution in [0.1, 0.15) is 201 Å². The maximum Gasteiger partial charge on any atom is 0.305 e. The maximum absolute atomic E-state index is 11.9. The SMILES string of the molecule is CCCCCCCCCCCCCCCCCC(=O)OC[C@@H](O)COC(=O)CCCCCCCCCCCCC(C)C. The third-order valence-electron chi connectivity index (χ3n) is 8.27. The molecule has 0 saturated carbocycles. The molecule has 1 N–H and O–H groups in total. The standard InChI is InChI=1S/C37H72O5/c1-4-5-6-7-8-9-10-11-12-13-14-18-21-24-27-30-36(39)41-32-35(38)33-42-37(40)31-28-25-22-19-16-15-17-20-23-26-29-34(2)3/h34-35,38H,4-33H2,1-3H3/t35-/m1/s1. The summed E-state index contributed by atoms with van der Waals surface area (Å²) in [5.41, 5.74) is 0. The molecule has 5 nitrogen and oxygen atoms in total. The molecule has 0 aliphatic rings. The topological polar surface area (TPSA) is 72.8 Å². The van der Waals surface area contributed by atoms with E-state index in [-0.39, 0.29) is 25.2 Å². The van der Waals surface area contributed by atoms with E-state index in [1.807, 2.05) is 0 Å². The van der Waals surface area contributed by atoms with Crippen molar-refractivity contribution in [3.63, 3.8) is 0 Å². The molecule has 0 aromatic rings. The lowest BCUT2D eigenvalue weighted by Crippen LogP contribution is -2.25. The molecule has 42 heavy (non-hydrogen) atoms. The smallest absolute Gasteiger partial charge is 0.305 e. The van der Waals surface area contributed by atoms with Gasteiger partial charge in [0.15, 0.2) is 0 Å². The van der Waals surface area contributed by atoms with Crippen molar-refractivity contribution in [3.05, 3.63) is 0 Å². The first-order valence-corrected chi connectivity index (χ1v) is 18.4. The van der Waals surface area contributed by atoms with Gasteiger partial charge >= 0.3 is 11.9 Å². The molecule has 0 bridgehead atoms. The van der Waals surface area contributed by atoms with Gasteiger partial charge in [-0.15, -0.1) is 0 Å². The van der Waals surface area contributed by atoms with Crippen LogP contribution in [0.5, 0.6) is 0 Å². The molecule has 0 heterocycles. The van der Waals surface area contributed by atoms with E-state index in [2.05, 4.69) is 20.8 Å². The van der Waals surface area contributed by atoms with Crippen LogP contribution in [0.25, 0.3) is 0 Å². The highest BCUT2D eigenvalue weighted by Crippen LogP contribution is 2.15. The number of rotatable bonds is 33. The van der Waals surface area contributed by atoms with Crippen molar-refractivity contribution in [1.82, 2.24) is 0 Å². The number of ether oxygens (including phenoxy) is 2. The van der Waals surface area contributed by atoms with Gasteiger partial charge in [0, 0.05) is 12.8 Å². The number of hydrogen-bond acceptors (Lipinski definition) is 5. The van der Waals surface area contributed by atoms with Gasteiger partial charge in [-0.2, -0.15) is 0 Å². The molecule has 0 aromatic carbocycles. The Morgan fingerprint density at radius 3 is 1.07 bits per heavy atom. The molecule has 0 unspecified atom stereocenters. The van der Waals surface area contributed by atoms with Crippen LogP contribution in [0.3, 0.4) is 0 Å². The molecule has 0 rings (SSSR count). The molecule has 0 aliphatic carbocycles. The molecule has 0 saturated heterocycles. The summed E-state index contributed by atoms with van der Waals surface area (Å²) >= 11 is 0. The average Bonchev–Trinajstić information content (AvgIpc) is 2.97. The van der Waals surface area contributed by atoms with Gasteiger partial charge in [0.2, 0.25) is 0 Å². The number of aliphatic hydroxyl groups is 1. The molecule has 0 amide bonds. The zero-order valence-electron chi connectivity index (χ0n) is 28.4. The highest BCUT2D eigenvalue weighted by Gasteiger charge is 2.12. The van der Waals surface area contributed by atoms with Gasteiger partial charge in [0.05, 0.1) is 0 Å². The Kier molecular flexibility index (Phi) is 31.9. The summed E-state index contributed by atoms with van der Waals surface area (Å²) < 4.78 is 10.3. The summed E-state index contributed by atoms with van der Waals surface area (Å²) in [4.78, 5) is 23.8. The van der Waals surface area contributed by atoms with Crippen LogP contribution in [-0.4, -0.2) is 36.4 Å². The summed E-state index contributed by atoms with van der Waals surface area (Å²) in [5.74, 6) is 0.274. The predicted molar refractivity (Wildman–Crippen MR) is 178 cm³/mol. The first kappa shape index (κ1) is 40.9. The molecular formula is C37H72O5. The van der Waals surface area contributed by atoms with Gasteiger partial charge in [0.1, 0.15) is 19.3 Å². The number of hydrogen-bond donors (Lipinski definition) is 1. The number of unbranched alkanes of at least 4 members (excludes halogenated alkanes) is 23. The van der Waals surface area contributed by atoms with Crippen molar-refractivity contribution >= 4 is 11.9 Å². The molecule has 0 aliphatic heterocycles. The number of esters is 2. The van der Waals surface area contributed by atoms with Crippen LogP contribution < -0.4 is 0 Å². The minimum atomic E-state index is -0.954. The summed E-state index contributed by atoms with van der Waals surface area (Å²) in [6, 6.07) is 0. The fourth-order valence-corrected chi connectivity index (χ4v) is 5.45. The predicted octanol–water partition coefficient (Wildman–Crippen LogP) is 11.0. The molecular weight excluding hydrogens is 524 g/mol. The summed E-state index contributed by atoms with van der Waals surface area (Å²) in [7, 11) is 0. The van der Waals surface area contributed by atoms with E-state index in [0.29, 0.717) is 12.8 Å². The van der Waals surface area contributed by atoms with Crippen molar-refractivity contribution in [1.29, 1.82) is 0 Å². The molecule has 0 radical (unpaired) electrons. The lowest BCUT2D eigenvalue weighted by Gasteiger charge is -2.12. The second kappa shape index (κ2) is 32.8. The highest BCUT2D eigenvalue weighted by molar-refractivity contribution is 5.69. The van der Waals surface area contributed by atoms with Gasteiger partial charge in [-0.1, -0.05) is 175 Å². The van der Waals surface area contributed by atoms with Crippen LogP contribution in [0.2, 0.25) is 0 Å². The number of carbonyl (C=O) groups excluding carboxylic acids is 2. The van der Waals surface area contributed by atoms with Gasteiger partial charge in [0.25, 0.3) is 0 Å². The average molecular weight is 597 g/mol. The third kappa shape index (κ3) is 33.4. The van der Waals surface area contributed by atoms with E-state index in [9.17, 15) is 14.7 Å². The second-order valence-corrected chi connectivity index (χ2v) is 13.2. The van der Waals surface area contributed by atoms with E-state index >= 15 is 0 Å². The van der Waals surface area contributed by atoms with Crippen molar-refractivity contribution in [3.8, 4) is 0 Å². The van der Waals surface area contributed by atoms with E-state index in [1.54, 1.807) is 0 Å². The van der Waals surface area contributed by atoms with Crippen molar-refractivity contribution in [2.24, 2.45) is 5.92 Å². The fourth-order valence-electron chi connectivity index (χ4n) is 5.45. The maximum atomic E-state index is 11.9. The largest absolute Gasteiger partial charge is 0.463 e. The first-order valence-electron chi connectivity index (χ1n) is 18.4. The Morgan fingerprint density at radius 1 is 0.476 bits per heavy atom. The first-order chi connectivity index (χ1) is 20.5. The monoisotopic (exact) mass is 597 g/mol. The quantitative estimate of drug-likeness (QED) is 0.0602. The van der Waals surface area contributed by atoms with Crippen LogP contribution in [0.4, 0.5) is 0 Å². The Hall–Kier alpha value is -1.10. The van der Waals surface area contributed by atoms with Crippen LogP contribution >= 0.6 is 0 Å². The Labute approximate surface area is 261 Å². The minimum Gasteiger partial charge on any atom is -0.463 e. The molecule has 1 atom stereocenters. The summed E-state index contributed by atoms with van der Waals surface area (Å²) in [6.45, 7) is 6.64. The zero-order chi connectivity index (χ0) is 30.9. The van der Waals surface area contributed by atoms with Crippen LogP contribution in [0.15, 0.2) is 0 Å². The number of carbonyl (C=O) groups is 2. The van der Waals surface area contributed by atoms with Crippen molar-refractivity contribution < 1.29 is 24.2 Å². The van der Waals surface area contributed by atoms with Crippen LogP contribution in [0, 0.1) is 5.92 Å². The number of aliphatic hydroxyl groups excluding tert-OH is 1. The third-order valence-corrected chi connectivity index (χ3v) is 8.27. The normalized spacial score (nSPS) is 12.1. The molecule has 250 valence electrons. The minimum absolute atomic E-state index is 0.109. The van der Waals surface area contributed by atoms with Gasteiger partial charge < -0.3 is 14.6 Å². The molecule has 0 aromatic heterocycles. The molecule has 0 spiro atoms. The summed E-state index contributed by atoms with van der Waals surface area (Å²) in [5, 5.41) is 9.98. The molecule has 5 heteroatoms. The van der Waals surface area contributed by atoms with Gasteiger partial charge in [-0.05, 0) is 18.8 Å². The Balaban J connectivity index is 3.39. The molecule has 0 fully saturated rings. The van der Waals surface area contributed by atoms with Crippen molar-refractivity contribution in [2.45, 2.75) is 207 Å². The zero-order valence-corrected chi connectivity index (χ0v) is 28.4. The lowest BCUT2D eigenvalue weighted by molar-refractivity contribution is -0.152. The van der Waals surface area contributed by atoms with Crippen molar-refractivity contribution in [2.75, 3.05) is 13.2 Å². The van der Waals surface area contributed by atoms with Gasteiger partial charge in [-0.25, -0.2) is 0 Å².